The molecular formula is C17H17NO. The van der Waals surface area contributed by atoms with Gasteiger partial charge in [-0.25, -0.2) is 0 Å². The summed E-state index contributed by atoms with van der Waals surface area (Å²) in [6.45, 7) is 1.53. The van der Waals surface area contributed by atoms with E-state index in [0.29, 0.717) is 5.92 Å². The zero-order chi connectivity index (χ0) is 13.2. The summed E-state index contributed by atoms with van der Waals surface area (Å²) in [5.41, 5.74) is 5.12. The fourth-order valence-electron chi connectivity index (χ4n) is 2.91. The molecule has 0 saturated carbocycles. The summed E-state index contributed by atoms with van der Waals surface area (Å²) in [6, 6.07) is 16.9. The van der Waals surface area contributed by atoms with E-state index in [-0.39, 0.29) is 5.91 Å². The zero-order valence-corrected chi connectivity index (χ0v) is 11.0. The van der Waals surface area contributed by atoms with Gasteiger partial charge in [0.05, 0.1) is 0 Å². The van der Waals surface area contributed by atoms with Gasteiger partial charge in [-0.2, -0.15) is 0 Å². The van der Waals surface area contributed by atoms with Gasteiger partial charge in [0, 0.05) is 18.5 Å². The quantitative estimate of drug-likeness (QED) is 0.866. The Morgan fingerprint density at radius 1 is 1.11 bits per heavy atom. The summed E-state index contributed by atoms with van der Waals surface area (Å²) in [6.07, 6.45) is 2.34. The van der Waals surface area contributed by atoms with Crippen LogP contribution >= 0.6 is 0 Å². The van der Waals surface area contributed by atoms with Gasteiger partial charge in [-0.3, -0.25) is 4.79 Å². The fourth-order valence-corrected chi connectivity index (χ4v) is 2.91. The smallest absolute Gasteiger partial charge is 0.221 e. The molecule has 0 fully saturated rings. The van der Waals surface area contributed by atoms with Crippen LogP contribution in [0.25, 0.3) is 0 Å². The molecule has 1 aliphatic rings. The molecule has 0 aromatic heterocycles. The second kappa shape index (κ2) is 4.88. The van der Waals surface area contributed by atoms with Gasteiger partial charge in [-0.05, 0) is 41.7 Å². The molecular weight excluding hydrogens is 234 g/mol. The Hall–Kier alpha value is -2.09. The maximum absolute atomic E-state index is 11.0. The number of amides is 1. The van der Waals surface area contributed by atoms with Crippen LogP contribution in [0.1, 0.15) is 36.0 Å². The number of hydrogen-bond acceptors (Lipinski definition) is 1. The number of carbonyl (C=O) groups is 1. The minimum Gasteiger partial charge on any atom is -0.326 e. The number of benzene rings is 2. The summed E-state index contributed by atoms with van der Waals surface area (Å²) in [5, 5.41) is 2.80. The maximum atomic E-state index is 11.0. The molecule has 3 rings (SSSR count). The molecule has 2 heteroatoms. The average molecular weight is 251 g/mol. The lowest BCUT2D eigenvalue weighted by Gasteiger charge is -2.13. The molecule has 2 nitrogen and oxygen atoms in total. The highest BCUT2D eigenvalue weighted by Gasteiger charge is 2.23. The van der Waals surface area contributed by atoms with Gasteiger partial charge >= 0.3 is 0 Å². The van der Waals surface area contributed by atoms with Crippen LogP contribution in [0.3, 0.4) is 0 Å². The number of rotatable bonds is 2. The molecule has 2 aromatic carbocycles. The fraction of sp³-hybridized carbons (Fsp3) is 0.235. The number of carbonyl (C=O) groups excluding carboxylic acids is 1. The summed E-state index contributed by atoms with van der Waals surface area (Å²) in [7, 11) is 0. The first-order valence-corrected chi connectivity index (χ1v) is 6.69. The van der Waals surface area contributed by atoms with E-state index in [1.807, 2.05) is 12.1 Å². The van der Waals surface area contributed by atoms with Gasteiger partial charge in [0.1, 0.15) is 0 Å². The molecule has 0 unspecified atom stereocenters. The van der Waals surface area contributed by atoms with Crippen LogP contribution in [-0.2, 0) is 11.2 Å². The molecule has 1 aliphatic carbocycles. The predicted octanol–water partition coefficient (Wildman–Crippen LogP) is 3.72. The molecule has 1 atom stereocenters. The Morgan fingerprint density at radius 3 is 2.58 bits per heavy atom. The topological polar surface area (TPSA) is 29.1 Å². The Labute approximate surface area is 113 Å². The van der Waals surface area contributed by atoms with Crippen molar-refractivity contribution in [2.45, 2.75) is 25.7 Å². The van der Waals surface area contributed by atoms with E-state index in [0.717, 1.165) is 12.1 Å². The second-order valence-electron chi connectivity index (χ2n) is 5.09. The number of anilines is 1. The van der Waals surface area contributed by atoms with Crippen LogP contribution in [-0.4, -0.2) is 5.91 Å². The normalized spacial score (nSPS) is 17.0. The second-order valence-corrected chi connectivity index (χ2v) is 5.09. The Morgan fingerprint density at radius 2 is 1.84 bits per heavy atom. The lowest BCUT2D eigenvalue weighted by atomic mass is 9.93. The molecule has 0 bridgehead atoms. The van der Waals surface area contributed by atoms with Crippen LogP contribution in [0.4, 0.5) is 5.69 Å². The van der Waals surface area contributed by atoms with Crippen molar-refractivity contribution >= 4 is 11.6 Å². The summed E-state index contributed by atoms with van der Waals surface area (Å²) in [4.78, 5) is 11.0. The highest BCUT2D eigenvalue weighted by atomic mass is 16.1. The van der Waals surface area contributed by atoms with Crippen molar-refractivity contribution in [3.63, 3.8) is 0 Å². The number of hydrogen-bond donors (Lipinski definition) is 1. The minimum absolute atomic E-state index is 0.0287. The van der Waals surface area contributed by atoms with E-state index in [1.165, 1.54) is 30.0 Å². The van der Waals surface area contributed by atoms with Crippen LogP contribution in [0.2, 0.25) is 0 Å². The standard InChI is InChI=1S/C17H17NO/c1-12(19)18-15-9-6-14(7-10-15)17-11-8-13-4-2-3-5-16(13)17/h2-7,9-10,17H,8,11H2,1H3,(H,18,19)/t17-/m0/s1. The lowest BCUT2D eigenvalue weighted by molar-refractivity contribution is -0.114. The first-order chi connectivity index (χ1) is 9.24. The third-order valence-corrected chi connectivity index (χ3v) is 3.77. The van der Waals surface area contributed by atoms with Crippen molar-refractivity contribution in [2.75, 3.05) is 5.32 Å². The van der Waals surface area contributed by atoms with Crippen molar-refractivity contribution in [2.24, 2.45) is 0 Å². The highest BCUT2D eigenvalue weighted by Crippen LogP contribution is 2.38. The van der Waals surface area contributed by atoms with E-state index in [4.69, 9.17) is 0 Å². The van der Waals surface area contributed by atoms with Gasteiger partial charge in [0.25, 0.3) is 0 Å². The van der Waals surface area contributed by atoms with Gasteiger partial charge in [0.15, 0.2) is 0 Å². The maximum Gasteiger partial charge on any atom is 0.221 e. The number of nitrogens with one attached hydrogen (secondary N) is 1. The molecule has 1 amide bonds. The summed E-state index contributed by atoms with van der Waals surface area (Å²) < 4.78 is 0. The largest absolute Gasteiger partial charge is 0.326 e. The third kappa shape index (κ3) is 2.39. The molecule has 1 N–H and O–H groups in total. The first kappa shape index (κ1) is 12.0. The van der Waals surface area contributed by atoms with E-state index >= 15 is 0 Å². The van der Waals surface area contributed by atoms with Crippen molar-refractivity contribution in [1.82, 2.24) is 0 Å². The predicted molar refractivity (Wildman–Crippen MR) is 77.4 cm³/mol. The van der Waals surface area contributed by atoms with Gasteiger partial charge in [0.2, 0.25) is 5.91 Å². The minimum atomic E-state index is -0.0287. The summed E-state index contributed by atoms with van der Waals surface area (Å²) in [5.74, 6) is 0.474. The lowest BCUT2D eigenvalue weighted by Crippen LogP contribution is -2.05. The molecule has 0 spiro atoms. The van der Waals surface area contributed by atoms with Crippen molar-refractivity contribution in [3.05, 3.63) is 65.2 Å². The third-order valence-electron chi connectivity index (χ3n) is 3.77. The van der Waals surface area contributed by atoms with Gasteiger partial charge in [-0.15, -0.1) is 0 Å². The van der Waals surface area contributed by atoms with E-state index < -0.39 is 0 Å². The van der Waals surface area contributed by atoms with E-state index in [9.17, 15) is 4.79 Å². The number of fused-ring (bicyclic) bond motifs is 1. The van der Waals surface area contributed by atoms with Gasteiger partial charge in [-0.1, -0.05) is 36.4 Å². The summed E-state index contributed by atoms with van der Waals surface area (Å²) >= 11 is 0. The molecule has 96 valence electrons. The van der Waals surface area contributed by atoms with Crippen molar-refractivity contribution < 1.29 is 4.79 Å². The van der Waals surface area contributed by atoms with Crippen molar-refractivity contribution in [3.8, 4) is 0 Å². The molecule has 0 radical (unpaired) electrons. The van der Waals surface area contributed by atoms with Crippen LogP contribution in [0.5, 0.6) is 0 Å². The van der Waals surface area contributed by atoms with E-state index in [1.54, 1.807) is 0 Å². The van der Waals surface area contributed by atoms with Gasteiger partial charge < -0.3 is 5.32 Å². The highest BCUT2D eigenvalue weighted by molar-refractivity contribution is 5.88. The zero-order valence-electron chi connectivity index (χ0n) is 11.0. The first-order valence-electron chi connectivity index (χ1n) is 6.69. The van der Waals surface area contributed by atoms with Crippen LogP contribution < -0.4 is 5.32 Å². The molecule has 0 heterocycles. The van der Waals surface area contributed by atoms with Crippen LogP contribution in [0, 0.1) is 0 Å². The molecule has 0 saturated heterocycles. The number of aryl methyl sites for hydroxylation is 1. The van der Waals surface area contributed by atoms with Crippen LogP contribution in [0.15, 0.2) is 48.5 Å². The Kier molecular flexibility index (Phi) is 3.08. The molecule has 2 aromatic rings. The average Bonchev–Trinajstić information content (AvgIpc) is 2.83. The Balaban J connectivity index is 1.86. The monoisotopic (exact) mass is 251 g/mol. The Bertz CT molecular complexity index is 601. The van der Waals surface area contributed by atoms with Crippen molar-refractivity contribution in [1.29, 1.82) is 0 Å². The molecule has 0 aliphatic heterocycles. The SMILES string of the molecule is CC(=O)Nc1ccc([C@@H]2CCc3ccccc32)cc1. The van der Waals surface area contributed by atoms with E-state index in [2.05, 4.69) is 41.7 Å². The molecule has 19 heavy (non-hydrogen) atoms.